The number of halogens is 1. The van der Waals surface area contributed by atoms with E-state index < -0.39 is 10.0 Å². The van der Waals surface area contributed by atoms with E-state index in [2.05, 4.69) is 23.6 Å². The molecule has 1 heterocycles. The van der Waals surface area contributed by atoms with Crippen molar-refractivity contribution in [1.82, 2.24) is 4.98 Å². The minimum Gasteiger partial charge on any atom is -0.280 e. The van der Waals surface area contributed by atoms with E-state index in [1.165, 1.54) is 18.3 Å². The van der Waals surface area contributed by atoms with Crippen LogP contribution in [0.4, 0.5) is 5.69 Å². The van der Waals surface area contributed by atoms with Crippen molar-refractivity contribution in [2.24, 2.45) is 0 Å². The minimum absolute atomic E-state index is 0.0902. The molecule has 0 bridgehead atoms. The molecule has 0 fully saturated rings. The number of rotatable bonds is 4. The molecular weight excluding hydrogens is 296 g/mol. The van der Waals surface area contributed by atoms with Crippen LogP contribution in [0, 0.1) is 0 Å². The first kappa shape index (κ1) is 14.8. The topological polar surface area (TPSA) is 59.1 Å². The van der Waals surface area contributed by atoms with Gasteiger partial charge >= 0.3 is 0 Å². The van der Waals surface area contributed by atoms with E-state index in [0.717, 1.165) is 5.56 Å². The molecular formula is C14H15ClN2O2S. The molecule has 0 saturated heterocycles. The van der Waals surface area contributed by atoms with Crippen LogP contribution in [-0.4, -0.2) is 13.4 Å². The van der Waals surface area contributed by atoms with Gasteiger partial charge in [-0.15, -0.1) is 0 Å². The van der Waals surface area contributed by atoms with Crippen LogP contribution in [0.5, 0.6) is 0 Å². The first-order valence-corrected chi connectivity index (χ1v) is 7.99. The van der Waals surface area contributed by atoms with Gasteiger partial charge in [0.05, 0.1) is 4.90 Å². The third-order valence-electron chi connectivity index (χ3n) is 2.81. The summed E-state index contributed by atoms with van der Waals surface area (Å²) in [7, 11) is -3.65. The molecule has 1 aromatic heterocycles. The summed E-state index contributed by atoms with van der Waals surface area (Å²) in [6.07, 6.45) is 1.36. The summed E-state index contributed by atoms with van der Waals surface area (Å²) in [6, 6.07) is 10.0. The largest absolute Gasteiger partial charge is 0.280 e. The molecule has 0 spiro atoms. The predicted molar refractivity (Wildman–Crippen MR) is 80.6 cm³/mol. The summed E-state index contributed by atoms with van der Waals surface area (Å²) >= 11 is 5.72. The van der Waals surface area contributed by atoms with E-state index in [9.17, 15) is 8.42 Å². The summed E-state index contributed by atoms with van der Waals surface area (Å²) in [5.41, 5.74) is 1.60. The Bertz CT molecular complexity index is 715. The van der Waals surface area contributed by atoms with Gasteiger partial charge in [-0.1, -0.05) is 37.6 Å². The molecule has 0 atom stereocenters. The van der Waals surface area contributed by atoms with E-state index >= 15 is 0 Å². The maximum atomic E-state index is 12.2. The first-order valence-electron chi connectivity index (χ1n) is 6.13. The van der Waals surface area contributed by atoms with Crippen LogP contribution in [-0.2, 0) is 10.0 Å². The van der Waals surface area contributed by atoms with Crippen LogP contribution in [0.2, 0.25) is 5.15 Å². The van der Waals surface area contributed by atoms with Gasteiger partial charge in [-0.25, -0.2) is 13.4 Å². The molecule has 2 aromatic rings. The van der Waals surface area contributed by atoms with Crippen molar-refractivity contribution >= 4 is 27.3 Å². The van der Waals surface area contributed by atoms with Crippen LogP contribution in [0.3, 0.4) is 0 Å². The minimum atomic E-state index is -3.65. The molecule has 1 aromatic carbocycles. The Hall–Kier alpha value is -1.59. The normalized spacial score (nSPS) is 11.6. The molecule has 4 nitrogen and oxygen atoms in total. The van der Waals surface area contributed by atoms with Gasteiger partial charge in [0.25, 0.3) is 10.0 Å². The SMILES string of the molecule is CC(C)c1cccc(NS(=O)(=O)c2ccnc(Cl)c2)c1. The van der Waals surface area contributed by atoms with Crippen LogP contribution in [0.15, 0.2) is 47.5 Å². The molecule has 0 aliphatic rings. The van der Waals surface area contributed by atoms with Crippen molar-refractivity contribution in [3.05, 3.63) is 53.3 Å². The second-order valence-corrected chi connectivity index (χ2v) is 6.77. The number of hydrogen-bond acceptors (Lipinski definition) is 3. The monoisotopic (exact) mass is 310 g/mol. The highest BCUT2D eigenvalue weighted by Crippen LogP contribution is 2.21. The number of nitrogens with zero attached hydrogens (tertiary/aromatic N) is 1. The highest BCUT2D eigenvalue weighted by Gasteiger charge is 2.15. The second kappa shape index (κ2) is 5.81. The van der Waals surface area contributed by atoms with Crippen LogP contribution >= 0.6 is 11.6 Å². The van der Waals surface area contributed by atoms with Gasteiger partial charge in [0, 0.05) is 11.9 Å². The predicted octanol–water partition coefficient (Wildman–Crippen LogP) is 3.66. The molecule has 2 rings (SSSR count). The van der Waals surface area contributed by atoms with Crippen LogP contribution in [0.1, 0.15) is 25.3 Å². The maximum absolute atomic E-state index is 12.2. The lowest BCUT2D eigenvalue weighted by Crippen LogP contribution is -2.13. The molecule has 20 heavy (non-hydrogen) atoms. The smallest absolute Gasteiger partial charge is 0.262 e. The average Bonchev–Trinajstić information content (AvgIpc) is 2.38. The summed E-state index contributed by atoms with van der Waals surface area (Å²) < 4.78 is 27.0. The van der Waals surface area contributed by atoms with Gasteiger partial charge in [0.1, 0.15) is 5.15 Å². The summed E-state index contributed by atoms with van der Waals surface area (Å²) in [4.78, 5) is 3.86. The fourth-order valence-electron chi connectivity index (χ4n) is 1.73. The number of anilines is 1. The summed E-state index contributed by atoms with van der Waals surface area (Å²) in [5.74, 6) is 0.329. The van der Waals surface area contributed by atoms with E-state index in [4.69, 9.17) is 11.6 Å². The van der Waals surface area contributed by atoms with Crippen molar-refractivity contribution < 1.29 is 8.42 Å². The average molecular weight is 311 g/mol. The molecule has 1 N–H and O–H groups in total. The fraction of sp³-hybridized carbons (Fsp3) is 0.214. The quantitative estimate of drug-likeness (QED) is 0.877. The fourth-order valence-corrected chi connectivity index (χ4v) is 3.03. The number of benzene rings is 1. The van der Waals surface area contributed by atoms with Gasteiger partial charge in [-0.2, -0.15) is 0 Å². The molecule has 0 aliphatic heterocycles. The van der Waals surface area contributed by atoms with Crippen molar-refractivity contribution in [3.8, 4) is 0 Å². The summed E-state index contributed by atoms with van der Waals surface area (Å²) in [5, 5.41) is 0.142. The van der Waals surface area contributed by atoms with Gasteiger partial charge < -0.3 is 0 Å². The van der Waals surface area contributed by atoms with Crippen LogP contribution < -0.4 is 4.72 Å². The van der Waals surface area contributed by atoms with Gasteiger partial charge in [-0.3, -0.25) is 4.72 Å². The Morgan fingerprint density at radius 2 is 1.95 bits per heavy atom. The van der Waals surface area contributed by atoms with Crippen molar-refractivity contribution in [2.45, 2.75) is 24.7 Å². The van der Waals surface area contributed by atoms with Crippen LogP contribution in [0.25, 0.3) is 0 Å². The third-order valence-corrected chi connectivity index (χ3v) is 4.40. The molecule has 0 saturated carbocycles. The molecule has 0 aliphatic carbocycles. The zero-order valence-corrected chi connectivity index (χ0v) is 12.7. The zero-order valence-electron chi connectivity index (χ0n) is 11.2. The second-order valence-electron chi connectivity index (χ2n) is 4.70. The van der Waals surface area contributed by atoms with Gasteiger partial charge in [0.15, 0.2) is 0 Å². The zero-order chi connectivity index (χ0) is 14.8. The number of pyridine rings is 1. The lowest BCUT2D eigenvalue weighted by molar-refractivity contribution is 0.601. The van der Waals surface area contributed by atoms with E-state index in [0.29, 0.717) is 11.6 Å². The Labute approximate surface area is 123 Å². The van der Waals surface area contributed by atoms with E-state index in [-0.39, 0.29) is 10.0 Å². The van der Waals surface area contributed by atoms with E-state index in [1.807, 2.05) is 18.2 Å². The van der Waals surface area contributed by atoms with Crippen molar-refractivity contribution in [2.75, 3.05) is 4.72 Å². The standard InChI is InChI=1S/C14H15ClN2O2S/c1-10(2)11-4-3-5-12(8-11)17-20(18,19)13-6-7-16-14(15)9-13/h3-10,17H,1-2H3. The molecule has 0 radical (unpaired) electrons. The highest BCUT2D eigenvalue weighted by atomic mass is 35.5. The molecule has 0 unspecified atom stereocenters. The van der Waals surface area contributed by atoms with Gasteiger partial charge in [-0.05, 0) is 35.7 Å². The lowest BCUT2D eigenvalue weighted by atomic mass is 10.0. The number of aromatic nitrogens is 1. The number of hydrogen-bond donors (Lipinski definition) is 1. The first-order chi connectivity index (χ1) is 9.38. The Morgan fingerprint density at radius 1 is 1.20 bits per heavy atom. The van der Waals surface area contributed by atoms with Gasteiger partial charge in [0.2, 0.25) is 0 Å². The Kier molecular flexibility index (Phi) is 4.30. The molecule has 106 valence electrons. The van der Waals surface area contributed by atoms with E-state index in [1.54, 1.807) is 6.07 Å². The molecule has 6 heteroatoms. The maximum Gasteiger partial charge on any atom is 0.262 e. The van der Waals surface area contributed by atoms with Crippen molar-refractivity contribution in [1.29, 1.82) is 0 Å². The lowest BCUT2D eigenvalue weighted by Gasteiger charge is -2.11. The number of sulfonamides is 1. The Morgan fingerprint density at radius 3 is 2.60 bits per heavy atom. The molecule has 0 amide bonds. The summed E-state index contributed by atoms with van der Waals surface area (Å²) in [6.45, 7) is 4.10. The highest BCUT2D eigenvalue weighted by molar-refractivity contribution is 7.92. The third kappa shape index (κ3) is 3.49. The van der Waals surface area contributed by atoms with Crippen molar-refractivity contribution in [3.63, 3.8) is 0 Å². The number of nitrogens with one attached hydrogen (secondary N) is 1. The Balaban J connectivity index is 2.31.